The van der Waals surface area contributed by atoms with E-state index in [2.05, 4.69) is 47.1 Å². The molecule has 0 radical (unpaired) electrons. The van der Waals surface area contributed by atoms with E-state index in [-0.39, 0.29) is 11.8 Å². The lowest BCUT2D eigenvalue weighted by molar-refractivity contribution is -0.107. The minimum atomic E-state index is 0.0147. The van der Waals surface area contributed by atoms with Crippen LogP contribution in [-0.4, -0.2) is 50.7 Å². The summed E-state index contributed by atoms with van der Waals surface area (Å²) in [5, 5.41) is 8.79. The summed E-state index contributed by atoms with van der Waals surface area (Å²) in [6, 6.07) is 12.5. The van der Waals surface area contributed by atoms with Crippen molar-refractivity contribution in [1.29, 1.82) is 0 Å². The van der Waals surface area contributed by atoms with E-state index in [1.165, 1.54) is 5.56 Å². The number of benzene rings is 1. The quantitative estimate of drug-likeness (QED) is 0.207. The predicted molar refractivity (Wildman–Crippen MR) is 139 cm³/mol. The number of hydrogen-bond acceptors (Lipinski definition) is 6. The lowest BCUT2D eigenvalue weighted by Gasteiger charge is -2.13. The SMILES string of the molecule is C#C.CCC(=O)c1nc2n(n1)C(c1ccccc1)CC2C.Cc1cc(N(C)C)n(CCCC=O)n1. The molecule has 0 N–H and O–H groups in total. The van der Waals surface area contributed by atoms with Gasteiger partial charge in [0.2, 0.25) is 11.6 Å². The molecule has 3 aromatic rings. The molecule has 1 aliphatic rings. The van der Waals surface area contributed by atoms with Crippen molar-refractivity contribution in [3.63, 3.8) is 0 Å². The van der Waals surface area contributed by atoms with E-state index in [9.17, 15) is 9.59 Å². The molecule has 0 bridgehead atoms. The summed E-state index contributed by atoms with van der Waals surface area (Å²) in [5.41, 5.74) is 2.24. The van der Waals surface area contributed by atoms with Gasteiger partial charge in [-0.25, -0.2) is 14.3 Å². The maximum absolute atomic E-state index is 11.7. The number of carbonyl (C=O) groups excluding carboxylic acids is 2. The second-order valence-corrected chi connectivity index (χ2v) is 8.65. The van der Waals surface area contributed by atoms with Crippen LogP contribution in [0.5, 0.6) is 0 Å². The molecule has 0 spiro atoms. The molecule has 1 aromatic carbocycles. The fourth-order valence-corrected chi connectivity index (χ4v) is 4.05. The average molecular weight is 477 g/mol. The second kappa shape index (κ2) is 13.2. The number of unbranched alkanes of at least 4 members (excludes halogenated alkanes) is 1. The smallest absolute Gasteiger partial charge is 0.217 e. The molecule has 0 amide bonds. The third kappa shape index (κ3) is 6.89. The molecule has 3 heterocycles. The van der Waals surface area contributed by atoms with Crippen molar-refractivity contribution in [2.75, 3.05) is 19.0 Å². The number of aromatic nitrogens is 5. The van der Waals surface area contributed by atoms with Gasteiger partial charge in [0.1, 0.15) is 17.9 Å². The zero-order valence-electron chi connectivity index (χ0n) is 21.4. The van der Waals surface area contributed by atoms with Gasteiger partial charge in [-0.05, 0) is 25.3 Å². The van der Waals surface area contributed by atoms with Gasteiger partial charge in [0.05, 0.1) is 11.7 Å². The van der Waals surface area contributed by atoms with Gasteiger partial charge in [-0.2, -0.15) is 5.10 Å². The number of hydrogen-bond donors (Lipinski definition) is 0. The highest BCUT2D eigenvalue weighted by Crippen LogP contribution is 2.38. The Kier molecular flexibility index (Phi) is 10.4. The second-order valence-electron chi connectivity index (χ2n) is 8.65. The molecule has 0 fully saturated rings. The molecule has 4 rings (SSSR count). The van der Waals surface area contributed by atoms with Crippen LogP contribution in [-0.2, 0) is 11.3 Å². The molecular formula is C27H36N6O2. The molecule has 2 unspecified atom stereocenters. The van der Waals surface area contributed by atoms with Crippen LogP contribution >= 0.6 is 0 Å². The zero-order valence-corrected chi connectivity index (χ0v) is 21.4. The van der Waals surface area contributed by atoms with Crippen LogP contribution in [0.2, 0.25) is 0 Å². The van der Waals surface area contributed by atoms with Crippen LogP contribution in [0.25, 0.3) is 0 Å². The van der Waals surface area contributed by atoms with Gasteiger partial charge < -0.3 is 9.69 Å². The Labute approximate surface area is 208 Å². The Hall–Kier alpha value is -3.73. The van der Waals surface area contributed by atoms with Crippen LogP contribution in [0.15, 0.2) is 36.4 Å². The molecule has 8 heteroatoms. The summed E-state index contributed by atoms with van der Waals surface area (Å²) < 4.78 is 3.88. The number of nitrogens with zero attached hydrogens (tertiary/aromatic N) is 6. The van der Waals surface area contributed by atoms with Crippen molar-refractivity contribution >= 4 is 17.9 Å². The Balaban J connectivity index is 0.000000241. The summed E-state index contributed by atoms with van der Waals surface area (Å²) >= 11 is 0. The fraction of sp³-hybridized carbons (Fsp3) is 0.444. The first-order valence-corrected chi connectivity index (χ1v) is 11.9. The van der Waals surface area contributed by atoms with Crippen molar-refractivity contribution in [2.24, 2.45) is 0 Å². The van der Waals surface area contributed by atoms with Gasteiger partial charge in [-0.1, -0.05) is 44.2 Å². The Morgan fingerprint density at radius 3 is 2.49 bits per heavy atom. The summed E-state index contributed by atoms with van der Waals surface area (Å²) in [6.07, 6.45) is 11.9. The molecule has 186 valence electrons. The monoisotopic (exact) mass is 476 g/mol. The maximum Gasteiger partial charge on any atom is 0.217 e. The largest absolute Gasteiger partial charge is 0.363 e. The number of aldehydes is 1. The van der Waals surface area contributed by atoms with Crippen LogP contribution in [0.3, 0.4) is 0 Å². The number of ketones is 1. The number of carbonyl (C=O) groups is 2. The van der Waals surface area contributed by atoms with Crippen LogP contribution in [0.4, 0.5) is 5.82 Å². The lowest BCUT2D eigenvalue weighted by atomic mass is 10.0. The average Bonchev–Trinajstić information content (AvgIpc) is 3.56. The van der Waals surface area contributed by atoms with E-state index in [1.807, 2.05) is 66.5 Å². The Morgan fingerprint density at radius 2 is 1.89 bits per heavy atom. The highest BCUT2D eigenvalue weighted by atomic mass is 16.1. The third-order valence-electron chi connectivity index (χ3n) is 5.76. The van der Waals surface area contributed by atoms with E-state index >= 15 is 0 Å². The minimum Gasteiger partial charge on any atom is -0.363 e. The van der Waals surface area contributed by atoms with Crippen molar-refractivity contribution < 1.29 is 9.59 Å². The highest BCUT2D eigenvalue weighted by molar-refractivity contribution is 5.92. The van der Waals surface area contributed by atoms with Crippen LogP contribution in [0, 0.1) is 19.8 Å². The summed E-state index contributed by atoms with van der Waals surface area (Å²) in [5.74, 6) is 2.75. The number of rotatable bonds is 8. The standard InChI is InChI=1S/C15H17N3O.C10H17N3O.C2H2/c1-3-13(19)14-16-15-10(2)9-12(18(15)17-14)11-7-5-4-6-8-11;1-9-8-10(12(2)3)13(11-9)6-4-5-7-14;1-2/h4-8,10,12H,3,9H2,1-2H3;7-8H,4-6H2,1-3H3;1-2H. The van der Waals surface area contributed by atoms with Crippen molar-refractivity contribution in [3.05, 3.63) is 59.3 Å². The van der Waals surface area contributed by atoms with Crippen molar-refractivity contribution in [2.45, 2.75) is 65.0 Å². The fourth-order valence-electron chi connectivity index (χ4n) is 4.05. The zero-order chi connectivity index (χ0) is 26.0. The summed E-state index contributed by atoms with van der Waals surface area (Å²) in [6.45, 7) is 6.76. The van der Waals surface area contributed by atoms with Gasteiger partial charge in [0.25, 0.3) is 0 Å². The summed E-state index contributed by atoms with van der Waals surface area (Å²) in [4.78, 5) is 28.4. The normalized spacial score (nSPS) is 15.7. The minimum absolute atomic E-state index is 0.0147. The van der Waals surface area contributed by atoms with Crippen LogP contribution < -0.4 is 4.90 Å². The van der Waals surface area contributed by atoms with E-state index in [0.29, 0.717) is 24.6 Å². The number of Topliss-reactive ketones (excluding diaryl/α,β-unsaturated/α-hetero) is 1. The molecule has 8 nitrogen and oxygen atoms in total. The Bertz CT molecular complexity index is 1110. The number of terminal acetylenes is 1. The number of anilines is 1. The number of fused-ring (bicyclic) bond motifs is 1. The van der Waals surface area contributed by atoms with E-state index in [0.717, 1.165) is 43.0 Å². The van der Waals surface area contributed by atoms with E-state index < -0.39 is 0 Å². The maximum atomic E-state index is 11.7. The van der Waals surface area contributed by atoms with Gasteiger partial charge in [0, 0.05) is 45.5 Å². The molecule has 0 aliphatic carbocycles. The molecule has 2 atom stereocenters. The lowest BCUT2D eigenvalue weighted by Crippen LogP contribution is -2.15. The van der Waals surface area contributed by atoms with Gasteiger partial charge >= 0.3 is 0 Å². The first-order chi connectivity index (χ1) is 16.8. The van der Waals surface area contributed by atoms with E-state index in [1.54, 1.807) is 0 Å². The molecule has 0 saturated carbocycles. The van der Waals surface area contributed by atoms with Gasteiger partial charge in [-0.3, -0.25) is 4.79 Å². The molecule has 35 heavy (non-hydrogen) atoms. The first kappa shape index (κ1) is 27.5. The topological polar surface area (TPSA) is 85.9 Å². The molecule has 1 aliphatic heterocycles. The van der Waals surface area contributed by atoms with Crippen molar-refractivity contribution in [1.82, 2.24) is 24.5 Å². The third-order valence-corrected chi connectivity index (χ3v) is 5.76. The number of aryl methyl sites for hydroxylation is 2. The van der Waals surface area contributed by atoms with Crippen molar-refractivity contribution in [3.8, 4) is 12.8 Å². The Morgan fingerprint density at radius 1 is 1.20 bits per heavy atom. The first-order valence-electron chi connectivity index (χ1n) is 11.9. The van der Waals surface area contributed by atoms with Crippen LogP contribution in [0.1, 0.15) is 79.2 Å². The van der Waals surface area contributed by atoms with Gasteiger partial charge in [0.15, 0.2) is 0 Å². The molecule has 0 saturated heterocycles. The summed E-state index contributed by atoms with van der Waals surface area (Å²) in [7, 11) is 3.99. The molecular weight excluding hydrogens is 440 g/mol. The predicted octanol–water partition coefficient (Wildman–Crippen LogP) is 4.45. The molecule has 2 aromatic heterocycles. The highest BCUT2D eigenvalue weighted by Gasteiger charge is 2.33. The van der Waals surface area contributed by atoms with E-state index in [4.69, 9.17) is 0 Å². The van der Waals surface area contributed by atoms with Gasteiger partial charge in [-0.15, -0.1) is 17.9 Å².